The Kier molecular flexibility index (Phi) is 9.22. The average Bonchev–Trinajstić information content (AvgIpc) is 2.76. The minimum absolute atomic E-state index is 0.0470. The SMILES string of the molecule is CC(C)NC(=O)CNC(=O)COC(=O)[C@H](Cc1ccccc1)NC(=O)c1ccccc1. The lowest BCUT2D eigenvalue weighted by atomic mass is 10.1. The number of carbonyl (C=O) groups is 4. The summed E-state index contributed by atoms with van der Waals surface area (Å²) in [6.45, 7) is 2.84. The third kappa shape index (κ3) is 8.69. The first-order valence-corrected chi connectivity index (χ1v) is 9.97. The van der Waals surface area contributed by atoms with Crippen LogP contribution in [0.15, 0.2) is 60.7 Å². The van der Waals surface area contributed by atoms with E-state index in [0.717, 1.165) is 5.56 Å². The van der Waals surface area contributed by atoms with Crippen LogP contribution in [-0.2, 0) is 25.5 Å². The minimum atomic E-state index is -0.979. The lowest BCUT2D eigenvalue weighted by Gasteiger charge is -2.18. The zero-order chi connectivity index (χ0) is 22.6. The summed E-state index contributed by atoms with van der Waals surface area (Å²) in [4.78, 5) is 48.6. The molecule has 8 nitrogen and oxygen atoms in total. The fourth-order valence-electron chi connectivity index (χ4n) is 2.71. The predicted molar refractivity (Wildman–Crippen MR) is 115 cm³/mol. The van der Waals surface area contributed by atoms with Crippen LogP contribution in [0.4, 0.5) is 0 Å². The number of hydrogen-bond acceptors (Lipinski definition) is 5. The monoisotopic (exact) mass is 425 g/mol. The Morgan fingerprint density at radius 1 is 0.839 bits per heavy atom. The van der Waals surface area contributed by atoms with E-state index in [2.05, 4.69) is 16.0 Å². The predicted octanol–water partition coefficient (Wildman–Crippen LogP) is 1.21. The third-order valence-corrected chi connectivity index (χ3v) is 4.15. The van der Waals surface area contributed by atoms with Gasteiger partial charge in [-0.15, -0.1) is 0 Å². The Hall–Kier alpha value is -3.68. The molecule has 0 aliphatic heterocycles. The van der Waals surface area contributed by atoms with E-state index in [0.29, 0.717) is 5.56 Å². The van der Waals surface area contributed by atoms with E-state index in [9.17, 15) is 19.2 Å². The lowest BCUT2D eigenvalue weighted by Crippen LogP contribution is -2.45. The van der Waals surface area contributed by atoms with Crippen LogP contribution in [0.2, 0.25) is 0 Å². The fourth-order valence-corrected chi connectivity index (χ4v) is 2.71. The second kappa shape index (κ2) is 12.1. The highest BCUT2D eigenvalue weighted by Gasteiger charge is 2.24. The molecular formula is C23H27N3O5. The molecule has 164 valence electrons. The molecule has 2 aromatic carbocycles. The van der Waals surface area contributed by atoms with Crippen LogP contribution in [0.5, 0.6) is 0 Å². The maximum absolute atomic E-state index is 12.6. The van der Waals surface area contributed by atoms with Crippen LogP contribution < -0.4 is 16.0 Å². The summed E-state index contributed by atoms with van der Waals surface area (Å²) < 4.78 is 5.09. The van der Waals surface area contributed by atoms with Gasteiger partial charge in [0.05, 0.1) is 6.54 Å². The summed E-state index contributed by atoms with van der Waals surface area (Å²) in [5.74, 6) is -2.12. The number of hydrogen-bond donors (Lipinski definition) is 3. The van der Waals surface area contributed by atoms with Crippen molar-refractivity contribution in [3.05, 3.63) is 71.8 Å². The highest BCUT2D eigenvalue weighted by atomic mass is 16.5. The van der Waals surface area contributed by atoms with Gasteiger partial charge in [-0.3, -0.25) is 14.4 Å². The smallest absolute Gasteiger partial charge is 0.329 e. The van der Waals surface area contributed by atoms with Gasteiger partial charge in [-0.1, -0.05) is 48.5 Å². The van der Waals surface area contributed by atoms with Gasteiger partial charge >= 0.3 is 5.97 Å². The van der Waals surface area contributed by atoms with Gasteiger partial charge in [-0.2, -0.15) is 0 Å². The first-order valence-electron chi connectivity index (χ1n) is 9.97. The number of benzene rings is 2. The number of ether oxygens (including phenoxy) is 1. The Labute approximate surface area is 181 Å². The molecule has 0 heterocycles. The van der Waals surface area contributed by atoms with E-state index in [1.54, 1.807) is 44.2 Å². The Morgan fingerprint density at radius 3 is 2.06 bits per heavy atom. The standard InChI is InChI=1S/C23H27N3O5/c1-16(2)25-20(27)14-24-21(28)15-31-23(30)19(13-17-9-5-3-6-10-17)26-22(29)18-11-7-4-8-12-18/h3-12,16,19H,13-15H2,1-2H3,(H,24,28)(H,25,27)(H,26,29)/t19-/m0/s1. The second-order valence-electron chi connectivity index (χ2n) is 7.19. The minimum Gasteiger partial charge on any atom is -0.454 e. The van der Waals surface area contributed by atoms with Crippen molar-refractivity contribution in [1.82, 2.24) is 16.0 Å². The van der Waals surface area contributed by atoms with Gasteiger partial charge in [0, 0.05) is 18.0 Å². The van der Waals surface area contributed by atoms with Gasteiger partial charge in [-0.05, 0) is 31.5 Å². The quantitative estimate of drug-likeness (QED) is 0.495. The normalized spacial score (nSPS) is 11.3. The number of esters is 1. The highest BCUT2D eigenvalue weighted by molar-refractivity contribution is 5.97. The molecule has 0 bridgehead atoms. The van der Waals surface area contributed by atoms with Crippen LogP contribution in [0.1, 0.15) is 29.8 Å². The molecule has 8 heteroatoms. The molecule has 1 atom stereocenters. The molecule has 2 aromatic rings. The third-order valence-electron chi connectivity index (χ3n) is 4.15. The van der Waals surface area contributed by atoms with Crippen LogP contribution >= 0.6 is 0 Å². The summed E-state index contributed by atoms with van der Waals surface area (Å²) in [5, 5.41) is 7.69. The van der Waals surface area contributed by atoms with Crippen LogP contribution in [0.25, 0.3) is 0 Å². The van der Waals surface area contributed by atoms with Gasteiger partial charge < -0.3 is 20.7 Å². The lowest BCUT2D eigenvalue weighted by molar-refractivity contribution is -0.150. The summed E-state index contributed by atoms with van der Waals surface area (Å²) in [6.07, 6.45) is 0.205. The summed E-state index contributed by atoms with van der Waals surface area (Å²) >= 11 is 0. The van der Waals surface area contributed by atoms with Crippen molar-refractivity contribution in [1.29, 1.82) is 0 Å². The first-order chi connectivity index (χ1) is 14.8. The molecule has 0 spiro atoms. The molecule has 0 radical (unpaired) electrons. The summed E-state index contributed by atoms with van der Waals surface area (Å²) in [5.41, 5.74) is 1.23. The van der Waals surface area contributed by atoms with Gasteiger partial charge in [0.25, 0.3) is 11.8 Å². The zero-order valence-corrected chi connectivity index (χ0v) is 17.6. The molecule has 0 saturated carbocycles. The van der Waals surface area contributed by atoms with Crippen LogP contribution in [0.3, 0.4) is 0 Å². The molecule has 0 fully saturated rings. The molecule has 0 aliphatic carbocycles. The fraction of sp³-hybridized carbons (Fsp3) is 0.304. The van der Waals surface area contributed by atoms with Crippen molar-refractivity contribution >= 4 is 23.7 Å². The van der Waals surface area contributed by atoms with Crippen molar-refractivity contribution in [2.75, 3.05) is 13.2 Å². The molecule has 3 N–H and O–H groups in total. The molecule has 3 amide bonds. The van der Waals surface area contributed by atoms with Gasteiger partial charge in [0.2, 0.25) is 5.91 Å². The number of amides is 3. The largest absolute Gasteiger partial charge is 0.454 e. The molecule has 0 aliphatic rings. The van der Waals surface area contributed by atoms with Crippen LogP contribution in [-0.4, -0.2) is 48.9 Å². The highest BCUT2D eigenvalue weighted by Crippen LogP contribution is 2.07. The maximum atomic E-state index is 12.6. The van der Waals surface area contributed by atoms with Crippen molar-refractivity contribution in [3.8, 4) is 0 Å². The topological polar surface area (TPSA) is 114 Å². The van der Waals surface area contributed by atoms with E-state index in [1.807, 2.05) is 30.3 Å². The molecule has 0 unspecified atom stereocenters. The van der Waals surface area contributed by atoms with Crippen molar-refractivity contribution in [3.63, 3.8) is 0 Å². The van der Waals surface area contributed by atoms with Gasteiger partial charge in [0.1, 0.15) is 6.04 Å². The number of carbonyl (C=O) groups excluding carboxylic acids is 4. The number of nitrogens with one attached hydrogen (secondary N) is 3. The maximum Gasteiger partial charge on any atom is 0.329 e. The van der Waals surface area contributed by atoms with E-state index in [1.165, 1.54) is 0 Å². The van der Waals surface area contributed by atoms with Crippen LogP contribution in [0, 0.1) is 0 Å². The van der Waals surface area contributed by atoms with E-state index in [-0.39, 0.29) is 24.9 Å². The second-order valence-corrected chi connectivity index (χ2v) is 7.19. The van der Waals surface area contributed by atoms with E-state index < -0.39 is 30.4 Å². The summed E-state index contributed by atoms with van der Waals surface area (Å²) in [7, 11) is 0. The summed E-state index contributed by atoms with van der Waals surface area (Å²) in [6, 6.07) is 16.6. The molecular weight excluding hydrogens is 398 g/mol. The molecule has 0 aromatic heterocycles. The van der Waals surface area contributed by atoms with E-state index in [4.69, 9.17) is 4.74 Å². The van der Waals surface area contributed by atoms with Crippen molar-refractivity contribution in [2.45, 2.75) is 32.4 Å². The molecule has 2 rings (SSSR count). The zero-order valence-electron chi connectivity index (χ0n) is 17.6. The van der Waals surface area contributed by atoms with Crippen molar-refractivity contribution in [2.24, 2.45) is 0 Å². The Balaban J connectivity index is 1.95. The first kappa shape index (κ1) is 23.6. The van der Waals surface area contributed by atoms with Gasteiger partial charge in [-0.25, -0.2) is 4.79 Å². The Morgan fingerprint density at radius 2 is 1.45 bits per heavy atom. The Bertz CT molecular complexity index is 885. The number of rotatable bonds is 10. The van der Waals surface area contributed by atoms with Crippen molar-refractivity contribution < 1.29 is 23.9 Å². The molecule has 0 saturated heterocycles. The van der Waals surface area contributed by atoms with E-state index >= 15 is 0 Å². The molecule has 31 heavy (non-hydrogen) atoms. The van der Waals surface area contributed by atoms with Gasteiger partial charge in [0.15, 0.2) is 6.61 Å². The average molecular weight is 425 g/mol.